The summed E-state index contributed by atoms with van der Waals surface area (Å²) in [5, 5.41) is 12.6. The van der Waals surface area contributed by atoms with E-state index in [-0.39, 0.29) is 11.9 Å². The Balaban J connectivity index is 2.01. The Bertz CT molecular complexity index is 522. The predicted octanol–water partition coefficient (Wildman–Crippen LogP) is 3.92. The molecule has 4 heteroatoms. The predicted molar refractivity (Wildman–Crippen MR) is 86.4 cm³/mol. The molecule has 0 heterocycles. The van der Waals surface area contributed by atoms with Crippen molar-refractivity contribution in [1.29, 1.82) is 0 Å². The van der Waals surface area contributed by atoms with Crippen LogP contribution in [0.3, 0.4) is 0 Å². The Morgan fingerprint density at radius 2 is 2.09 bits per heavy atom. The zero-order chi connectivity index (χ0) is 15.9. The number of carbonyl (C=O) groups excluding carboxylic acids is 1. The van der Waals surface area contributed by atoms with Gasteiger partial charge in [0.05, 0.1) is 18.2 Å². The summed E-state index contributed by atoms with van der Waals surface area (Å²) in [6, 6.07) is 8.12. The Kier molecular flexibility index (Phi) is 5.99. The second kappa shape index (κ2) is 7.97. The van der Waals surface area contributed by atoms with Crippen LogP contribution in [-0.4, -0.2) is 23.5 Å². The summed E-state index contributed by atoms with van der Waals surface area (Å²) < 4.78 is 5.06. The molecule has 1 aromatic rings. The van der Waals surface area contributed by atoms with Crippen molar-refractivity contribution in [2.75, 3.05) is 6.61 Å². The van der Waals surface area contributed by atoms with Gasteiger partial charge in [-0.05, 0) is 50.7 Å². The van der Waals surface area contributed by atoms with E-state index in [1.807, 2.05) is 26.0 Å². The van der Waals surface area contributed by atoms with Gasteiger partial charge in [-0.25, -0.2) is 0 Å². The van der Waals surface area contributed by atoms with Gasteiger partial charge in [0.25, 0.3) is 0 Å². The van der Waals surface area contributed by atoms with Crippen LogP contribution in [0.4, 0.5) is 0 Å². The molecule has 2 unspecified atom stereocenters. The molecule has 1 aliphatic carbocycles. The van der Waals surface area contributed by atoms with Gasteiger partial charge in [0.15, 0.2) is 0 Å². The van der Waals surface area contributed by atoms with Crippen molar-refractivity contribution in [2.45, 2.75) is 51.9 Å². The maximum atomic E-state index is 11.8. The number of hydrogen-bond acceptors (Lipinski definition) is 4. The first kappa shape index (κ1) is 16.5. The molecule has 0 aliphatic heterocycles. The molecule has 1 aromatic carbocycles. The largest absolute Gasteiger partial charge is 0.466 e. The van der Waals surface area contributed by atoms with E-state index in [2.05, 4.69) is 17.3 Å². The molecular formula is C18H25NO3. The third-order valence-corrected chi connectivity index (χ3v) is 4.44. The molecule has 22 heavy (non-hydrogen) atoms. The lowest BCUT2D eigenvalue weighted by atomic mass is 9.83. The molecule has 4 nitrogen and oxygen atoms in total. The molecule has 2 atom stereocenters. The maximum Gasteiger partial charge on any atom is 0.313 e. The van der Waals surface area contributed by atoms with Crippen molar-refractivity contribution in [1.82, 2.24) is 0 Å². The fourth-order valence-electron chi connectivity index (χ4n) is 3.05. The monoisotopic (exact) mass is 303 g/mol. The van der Waals surface area contributed by atoms with E-state index in [9.17, 15) is 4.79 Å². The van der Waals surface area contributed by atoms with Gasteiger partial charge >= 0.3 is 5.97 Å². The van der Waals surface area contributed by atoms with Crippen LogP contribution in [0.5, 0.6) is 0 Å². The van der Waals surface area contributed by atoms with E-state index in [0.717, 1.165) is 37.0 Å². The molecule has 120 valence electrons. The van der Waals surface area contributed by atoms with Crippen LogP contribution in [-0.2, 0) is 16.0 Å². The highest BCUT2D eigenvalue weighted by Crippen LogP contribution is 2.26. The summed E-state index contributed by atoms with van der Waals surface area (Å²) in [4.78, 5) is 11.8. The minimum atomic E-state index is -0.238. The van der Waals surface area contributed by atoms with Crippen LogP contribution >= 0.6 is 0 Å². The van der Waals surface area contributed by atoms with Crippen LogP contribution in [0.25, 0.3) is 0 Å². The third kappa shape index (κ3) is 4.09. The second-order valence-corrected chi connectivity index (χ2v) is 5.95. The molecule has 0 bridgehead atoms. The molecule has 1 N–H and O–H groups in total. The van der Waals surface area contributed by atoms with Crippen LogP contribution in [0.1, 0.15) is 56.6 Å². The molecular weight excluding hydrogens is 278 g/mol. The van der Waals surface area contributed by atoms with Gasteiger partial charge in [-0.2, -0.15) is 0 Å². The van der Waals surface area contributed by atoms with Crippen molar-refractivity contribution in [3.63, 3.8) is 0 Å². The third-order valence-electron chi connectivity index (χ3n) is 4.44. The van der Waals surface area contributed by atoms with Crippen molar-refractivity contribution < 1.29 is 14.7 Å². The molecule has 0 amide bonds. The van der Waals surface area contributed by atoms with Crippen molar-refractivity contribution in [3.8, 4) is 0 Å². The lowest BCUT2D eigenvalue weighted by Gasteiger charge is -2.23. The molecule has 0 spiro atoms. The quantitative estimate of drug-likeness (QED) is 0.509. The van der Waals surface area contributed by atoms with Gasteiger partial charge < -0.3 is 9.94 Å². The number of rotatable bonds is 5. The number of oxime groups is 1. The van der Waals surface area contributed by atoms with E-state index in [1.165, 1.54) is 12.0 Å². The topological polar surface area (TPSA) is 58.9 Å². The van der Waals surface area contributed by atoms with E-state index >= 15 is 0 Å². The van der Waals surface area contributed by atoms with Crippen molar-refractivity contribution in [3.05, 3.63) is 35.4 Å². The molecule has 1 saturated carbocycles. The first-order valence-electron chi connectivity index (χ1n) is 8.12. The van der Waals surface area contributed by atoms with E-state index in [4.69, 9.17) is 9.94 Å². The molecule has 0 saturated heterocycles. The highest BCUT2D eigenvalue weighted by molar-refractivity contribution is 5.87. The Morgan fingerprint density at radius 3 is 2.73 bits per heavy atom. The first-order chi connectivity index (χ1) is 10.7. The van der Waals surface area contributed by atoms with Gasteiger partial charge in [-0.1, -0.05) is 35.8 Å². The lowest BCUT2D eigenvalue weighted by molar-refractivity contribution is -0.144. The molecule has 1 fully saturated rings. The summed E-state index contributed by atoms with van der Waals surface area (Å²) >= 11 is 0. The number of hydrogen-bond donors (Lipinski definition) is 1. The van der Waals surface area contributed by atoms with Gasteiger partial charge in [-0.15, -0.1) is 0 Å². The first-order valence-corrected chi connectivity index (χ1v) is 8.12. The van der Waals surface area contributed by atoms with Crippen molar-refractivity contribution >= 4 is 11.7 Å². The summed E-state index contributed by atoms with van der Waals surface area (Å²) in [6.07, 6.45) is 5.19. The van der Waals surface area contributed by atoms with Crippen LogP contribution < -0.4 is 0 Å². The standard InChI is InChI=1S/C18H25NO3/c1-3-22-18(20)13(2)15-10-8-14(9-11-15)12-16-6-4-5-7-17(16)19-21/h8-11,13,16,21H,3-7,12H2,1-2H3/b19-17-. The minimum Gasteiger partial charge on any atom is -0.466 e. The fourth-order valence-corrected chi connectivity index (χ4v) is 3.05. The van der Waals surface area contributed by atoms with E-state index in [0.29, 0.717) is 12.5 Å². The summed E-state index contributed by atoms with van der Waals surface area (Å²) in [6.45, 7) is 4.09. The van der Waals surface area contributed by atoms with E-state index in [1.54, 1.807) is 0 Å². The summed E-state index contributed by atoms with van der Waals surface area (Å²) in [7, 11) is 0. The molecule has 1 aliphatic rings. The highest BCUT2D eigenvalue weighted by atomic mass is 16.5. The zero-order valence-corrected chi connectivity index (χ0v) is 13.4. The Hall–Kier alpha value is -1.84. The number of esters is 1. The Labute approximate surface area is 132 Å². The number of ether oxygens (including phenoxy) is 1. The smallest absolute Gasteiger partial charge is 0.313 e. The number of nitrogens with zero attached hydrogens (tertiary/aromatic N) is 1. The zero-order valence-electron chi connectivity index (χ0n) is 13.4. The molecule has 2 rings (SSSR count). The normalized spacial score (nSPS) is 21.5. The Morgan fingerprint density at radius 1 is 1.36 bits per heavy atom. The summed E-state index contributed by atoms with van der Waals surface area (Å²) in [5.74, 6) is -0.0810. The second-order valence-electron chi connectivity index (χ2n) is 5.95. The van der Waals surface area contributed by atoms with Crippen LogP contribution in [0.15, 0.2) is 29.4 Å². The molecule has 0 aromatic heterocycles. The highest BCUT2D eigenvalue weighted by Gasteiger charge is 2.22. The number of benzene rings is 1. The average molecular weight is 303 g/mol. The number of carbonyl (C=O) groups is 1. The van der Waals surface area contributed by atoms with Crippen LogP contribution in [0.2, 0.25) is 0 Å². The maximum absolute atomic E-state index is 11.8. The SMILES string of the molecule is CCOC(=O)C(C)c1ccc(CC2CCCC/C2=N/O)cc1. The van der Waals surface area contributed by atoms with Gasteiger partial charge in [0, 0.05) is 5.92 Å². The van der Waals surface area contributed by atoms with Crippen molar-refractivity contribution in [2.24, 2.45) is 11.1 Å². The lowest BCUT2D eigenvalue weighted by Crippen LogP contribution is -2.21. The van der Waals surface area contributed by atoms with Gasteiger partial charge in [0.1, 0.15) is 0 Å². The summed E-state index contributed by atoms with van der Waals surface area (Å²) in [5.41, 5.74) is 3.12. The van der Waals surface area contributed by atoms with Crippen LogP contribution in [0, 0.1) is 5.92 Å². The molecule has 0 radical (unpaired) electrons. The van der Waals surface area contributed by atoms with E-state index < -0.39 is 0 Å². The fraction of sp³-hybridized carbons (Fsp3) is 0.556. The average Bonchev–Trinajstić information content (AvgIpc) is 2.55. The van der Waals surface area contributed by atoms with Gasteiger partial charge in [-0.3, -0.25) is 4.79 Å². The van der Waals surface area contributed by atoms with Gasteiger partial charge in [0.2, 0.25) is 0 Å². The minimum absolute atomic E-state index is 0.183.